The van der Waals surface area contributed by atoms with E-state index in [1.165, 1.54) is 0 Å². The normalized spacial score (nSPS) is 12.5. The second-order valence-electron chi connectivity index (χ2n) is 5.89. The van der Waals surface area contributed by atoms with Crippen LogP contribution in [0.25, 0.3) is 22.0 Å². The first-order chi connectivity index (χ1) is 12.0. The van der Waals surface area contributed by atoms with Crippen molar-refractivity contribution in [2.75, 3.05) is 6.61 Å². The van der Waals surface area contributed by atoms with E-state index in [4.69, 9.17) is 0 Å². The fraction of sp³-hybridized carbons (Fsp3) is 0.211. The molecule has 0 saturated carbocycles. The van der Waals surface area contributed by atoms with Gasteiger partial charge in [0, 0.05) is 18.7 Å². The number of nitrogens with one attached hydrogen (secondary N) is 1. The minimum absolute atomic E-state index is 0.00412. The lowest BCUT2D eigenvalue weighted by Crippen LogP contribution is -2.02. The Hall–Kier alpha value is -2.73. The molecule has 6 heteroatoms. The third kappa shape index (κ3) is 2.89. The number of H-pyrrole nitrogens is 1. The van der Waals surface area contributed by atoms with Crippen LogP contribution in [0.3, 0.4) is 0 Å². The third-order valence-electron chi connectivity index (χ3n) is 4.47. The Morgan fingerprint density at radius 1 is 1.24 bits per heavy atom. The molecule has 3 rings (SSSR count). The standard InChI is InChI=1S/C19H17F2NO3/c1-2-10(9-23)11-3-5-12(6-4-11)16-14(20)7-15-17(18(16)21)13(8-22-15)19(24)25/h3-8,10,22-23H,2,9H2,1H3,(H,24,25). The van der Waals surface area contributed by atoms with Crippen molar-refractivity contribution in [2.45, 2.75) is 19.3 Å². The van der Waals surface area contributed by atoms with Gasteiger partial charge in [-0.05, 0) is 23.6 Å². The summed E-state index contributed by atoms with van der Waals surface area (Å²) in [5.41, 5.74) is 0.781. The molecule has 1 heterocycles. The molecule has 0 aliphatic carbocycles. The van der Waals surface area contributed by atoms with E-state index in [9.17, 15) is 23.8 Å². The number of benzene rings is 2. The first-order valence-electron chi connectivity index (χ1n) is 7.91. The maximum atomic E-state index is 14.9. The van der Waals surface area contributed by atoms with Gasteiger partial charge >= 0.3 is 5.97 Å². The monoisotopic (exact) mass is 345 g/mol. The predicted octanol–water partition coefficient (Wildman–Crippen LogP) is 4.30. The number of halogens is 2. The summed E-state index contributed by atoms with van der Waals surface area (Å²) in [5, 5.41) is 18.4. The highest BCUT2D eigenvalue weighted by atomic mass is 19.1. The van der Waals surface area contributed by atoms with E-state index in [1.54, 1.807) is 24.3 Å². The molecule has 3 aromatic rings. The molecule has 0 fully saturated rings. The minimum atomic E-state index is -1.29. The highest BCUT2D eigenvalue weighted by Gasteiger charge is 2.22. The number of hydrogen-bond acceptors (Lipinski definition) is 2. The first kappa shape index (κ1) is 17.1. The molecule has 1 atom stereocenters. The van der Waals surface area contributed by atoms with Crippen molar-refractivity contribution >= 4 is 16.9 Å². The molecular formula is C19H17F2NO3. The number of carboxylic acids is 1. The Labute approximate surface area is 142 Å². The summed E-state index contributed by atoms with van der Waals surface area (Å²) in [5.74, 6) is -3.00. The quantitative estimate of drug-likeness (QED) is 0.645. The van der Waals surface area contributed by atoms with Crippen LogP contribution in [0.5, 0.6) is 0 Å². The second kappa shape index (κ2) is 6.64. The maximum absolute atomic E-state index is 14.9. The lowest BCUT2D eigenvalue weighted by Gasteiger charge is -2.13. The molecule has 25 heavy (non-hydrogen) atoms. The smallest absolute Gasteiger partial charge is 0.337 e. The number of hydrogen-bond donors (Lipinski definition) is 3. The first-order valence-corrected chi connectivity index (χ1v) is 7.91. The van der Waals surface area contributed by atoms with E-state index >= 15 is 0 Å². The number of aliphatic hydroxyl groups is 1. The minimum Gasteiger partial charge on any atom is -0.478 e. The summed E-state index contributed by atoms with van der Waals surface area (Å²) in [6.07, 6.45) is 1.89. The van der Waals surface area contributed by atoms with Gasteiger partial charge in [-0.3, -0.25) is 0 Å². The summed E-state index contributed by atoms with van der Waals surface area (Å²) < 4.78 is 29.3. The van der Waals surface area contributed by atoms with E-state index in [-0.39, 0.29) is 34.6 Å². The molecule has 1 unspecified atom stereocenters. The van der Waals surface area contributed by atoms with E-state index < -0.39 is 17.6 Å². The predicted molar refractivity (Wildman–Crippen MR) is 90.7 cm³/mol. The third-order valence-corrected chi connectivity index (χ3v) is 4.47. The van der Waals surface area contributed by atoms with Gasteiger partial charge in [0.25, 0.3) is 0 Å². The highest BCUT2D eigenvalue weighted by Crippen LogP contribution is 2.34. The van der Waals surface area contributed by atoms with Crippen molar-refractivity contribution in [3.63, 3.8) is 0 Å². The number of rotatable bonds is 5. The summed E-state index contributed by atoms with van der Waals surface area (Å²) in [4.78, 5) is 13.8. The van der Waals surface area contributed by atoms with Gasteiger partial charge in [-0.2, -0.15) is 0 Å². The number of aromatic amines is 1. The number of carbonyl (C=O) groups is 1. The van der Waals surface area contributed by atoms with Crippen LogP contribution in [-0.2, 0) is 0 Å². The van der Waals surface area contributed by atoms with Crippen molar-refractivity contribution < 1.29 is 23.8 Å². The molecule has 0 aliphatic rings. The molecule has 0 spiro atoms. The van der Waals surface area contributed by atoms with Gasteiger partial charge in [0.15, 0.2) is 0 Å². The van der Waals surface area contributed by atoms with Gasteiger partial charge < -0.3 is 15.2 Å². The number of aliphatic hydroxyl groups excluding tert-OH is 1. The van der Waals surface area contributed by atoms with Crippen LogP contribution in [0.2, 0.25) is 0 Å². The summed E-state index contributed by atoms with van der Waals surface area (Å²) in [6.45, 7) is 1.94. The molecule has 0 aliphatic heterocycles. The Balaban J connectivity index is 2.15. The second-order valence-corrected chi connectivity index (χ2v) is 5.89. The summed E-state index contributed by atoms with van der Waals surface area (Å²) in [6, 6.07) is 7.69. The summed E-state index contributed by atoms with van der Waals surface area (Å²) >= 11 is 0. The van der Waals surface area contributed by atoms with Crippen LogP contribution in [0.4, 0.5) is 8.78 Å². The van der Waals surface area contributed by atoms with Crippen LogP contribution in [0, 0.1) is 11.6 Å². The van der Waals surface area contributed by atoms with Crippen molar-refractivity contribution in [3.8, 4) is 11.1 Å². The lowest BCUT2D eigenvalue weighted by molar-refractivity contribution is 0.0698. The zero-order valence-corrected chi connectivity index (χ0v) is 13.5. The zero-order valence-electron chi connectivity index (χ0n) is 13.5. The zero-order chi connectivity index (χ0) is 18.1. The molecule has 0 amide bonds. The van der Waals surface area contributed by atoms with Crippen LogP contribution < -0.4 is 0 Å². The fourth-order valence-electron chi connectivity index (χ4n) is 3.04. The molecule has 2 aromatic carbocycles. The molecule has 130 valence electrons. The van der Waals surface area contributed by atoms with Gasteiger partial charge in [-0.1, -0.05) is 31.2 Å². The van der Waals surface area contributed by atoms with Crippen LogP contribution in [0.1, 0.15) is 35.2 Å². The van der Waals surface area contributed by atoms with Gasteiger partial charge in [0.1, 0.15) is 11.6 Å². The molecule has 3 N–H and O–H groups in total. The molecule has 4 nitrogen and oxygen atoms in total. The largest absolute Gasteiger partial charge is 0.478 e. The highest BCUT2D eigenvalue weighted by molar-refractivity contribution is 6.04. The molecule has 0 saturated heterocycles. The molecular weight excluding hydrogens is 328 g/mol. The average molecular weight is 345 g/mol. The Bertz CT molecular complexity index is 928. The molecule has 0 radical (unpaired) electrons. The Kier molecular flexibility index (Phi) is 4.55. The average Bonchev–Trinajstić information content (AvgIpc) is 3.01. The Morgan fingerprint density at radius 2 is 1.92 bits per heavy atom. The van der Waals surface area contributed by atoms with Crippen molar-refractivity contribution in [2.24, 2.45) is 0 Å². The lowest BCUT2D eigenvalue weighted by atomic mass is 9.94. The maximum Gasteiger partial charge on any atom is 0.337 e. The van der Waals surface area contributed by atoms with Crippen molar-refractivity contribution in [1.29, 1.82) is 0 Å². The van der Waals surface area contributed by atoms with Crippen molar-refractivity contribution in [1.82, 2.24) is 4.98 Å². The van der Waals surface area contributed by atoms with Gasteiger partial charge in [0.2, 0.25) is 0 Å². The van der Waals surface area contributed by atoms with Crippen molar-refractivity contribution in [3.05, 3.63) is 59.3 Å². The topological polar surface area (TPSA) is 73.3 Å². The number of aromatic carboxylic acids is 1. The van der Waals surface area contributed by atoms with E-state index in [2.05, 4.69) is 4.98 Å². The fourth-order valence-corrected chi connectivity index (χ4v) is 3.04. The van der Waals surface area contributed by atoms with E-state index in [0.717, 1.165) is 24.2 Å². The SMILES string of the molecule is CCC(CO)c1ccc(-c2c(F)cc3[nH]cc(C(=O)O)c3c2F)cc1. The van der Waals surface area contributed by atoms with E-state index in [0.29, 0.717) is 5.56 Å². The molecule has 0 bridgehead atoms. The Morgan fingerprint density at radius 3 is 2.48 bits per heavy atom. The number of carboxylic acid groups (broad SMARTS) is 1. The van der Waals surface area contributed by atoms with Crippen LogP contribution in [-0.4, -0.2) is 27.8 Å². The van der Waals surface area contributed by atoms with Gasteiger partial charge in [-0.15, -0.1) is 0 Å². The van der Waals surface area contributed by atoms with Gasteiger partial charge in [-0.25, -0.2) is 13.6 Å². The number of aromatic nitrogens is 1. The van der Waals surface area contributed by atoms with Gasteiger partial charge in [0.05, 0.1) is 22.0 Å². The van der Waals surface area contributed by atoms with Crippen LogP contribution in [0.15, 0.2) is 36.5 Å². The number of fused-ring (bicyclic) bond motifs is 1. The summed E-state index contributed by atoms with van der Waals surface area (Å²) in [7, 11) is 0. The molecule has 1 aromatic heterocycles. The van der Waals surface area contributed by atoms with Crippen LogP contribution >= 0.6 is 0 Å². The van der Waals surface area contributed by atoms with E-state index in [1.807, 2.05) is 6.92 Å².